The van der Waals surface area contributed by atoms with Gasteiger partial charge in [-0.2, -0.15) is 12.6 Å². The monoisotopic (exact) mass is 677 g/mol. The number of nitrogens with two attached hydrogens (primary N) is 1. The molecule has 0 aliphatic heterocycles. The number of carbonyl (C=O) groups excluding carboxylic acids is 3. The largest absolute Gasteiger partial charge is 0.478 e. The summed E-state index contributed by atoms with van der Waals surface area (Å²) < 4.78 is 0. The van der Waals surface area contributed by atoms with Crippen LogP contribution in [0.2, 0.25) is 0 Å². The average molecular weight is 678 g/mol. The van der Waals surface area contributed by atoms with E-state index in [2.05, 4.69) is 33.6 Å². The molecule has 0 spiro atoms. The Morgan fingerprint density at radius 2 is 1.24 bits per heavy atom. The van der Waals surface area contributed by atoms with Gasteiger partial charge < -0.3 is 31.8 Å². The molecule has 7 N–H and O–H groups in total. The summed E-state index contributed by atoms with van der Waals surface area (Å²) in [6.07, 6.45) is 2.43. The summed E-state index contributed by atoms with van der Waals surface area (Å²) in [6, 6.07) is 30.0. The van der Waals surface area contributed by atoms with Crippen molar-refractivity contribution in [1.82, 2.24) is 20.9 Å². The Balaban J connectivity index is 1.34. The Hall–Kier alpha value is -5.39. The van der Waals surface area contributed by atoms with Crippen molar-refractivity contribution in [3.63, 3.8) is 0 Å². The van der Waals surface area contributed by atoms with E-state index >= 15 is 0 Å². The molecule has 2 unspecified atom stereocenters. The van der Waals surface area contributed by atoms with Gasteiger partial charge in [0.05, 0.1) is 10.8 Å². The van der Waals surface area contributed by atoms with Crippen molar-refractivity contribution < 1.29 is 24.3 Å². The van der Waals surface area contributed by atoms with E-state index in [1.54, 1.807) is 18.3 Å². The lowest BCUT2D eigenvalue weighted by Gasteiger charge is -2.25. The van der Waals surface area contributed by atoms with Crippen molar-refractivity contribution in [1.29, 1.82) is 0 Å². The lowest BCUT2D eigenvalue weighted by molar-refractivity contribution is -0.132. The van der Waals surface area contributed by atoms with Crippen LogP contribution in [0.1, 0.15) is 32.6 Å². The molecule has 0 saturated carbocycles. The second-order valence-corrected chi connectivity index (χ2v) is 12.5. The highest BCUT2D eigenvalue weighted by Gasteiger charge is 2.31. The van der Waals surface area contributed by atoms with Crippen LogP contribution < -0.4 is 21.7 Å². The van der Waals surface area contributed by atoms with E-state index in [9.17, 15) is 24.3 Å². The number of fused-ring (bicyclic) bond motifs is 1. The number of aromatic amines is 1. The van der Waals surface area contributed by atoms with E-state index in [-0.39, 0.29) is 37.3 Å². The molecule has 0 fully saturated rings. The fourth-order valence-corrected chi connectivity index (χ4v) is 5.77. The van der Waals surface area contributed by atoms with Gasteiger partial charge in [-0.15, -0.1) is 0 Å². The highest BCUT2D eigenvalue weighted by Crippen LogP contribution is 2.20. The number of thiol groups is 1. The first-order valence-corrected chi connectivity index (χ1v) is 16.5. The van der Waals surface area contributed by atoms with Crippen molar-refractivity contribution in [2.75, 3.05) is 0 Å². The number of aromatic nitrogens is 1. The van der Waals surface area contributed by atoms with Crippen LogP contribution in [0.4, 0.5) is 0 Å². The van der Waals surface area contributed by atoms with Crippen molar-refractivity contribution in [3.05, 3.63) is 143 Å². The third kappa shape index (κ3) is 9.59. The van der Waals surface area contributed by atoms with Crippen LogP contribution in [0.3, 0.4) is 0 Å². The molecule has 1 aromatic heterocycles. The van der Waals surface area contributed by atoms with Crippen LogP contribution in [0, 0.1) is 0 Å². The van der Waals surface area contributed by atoms with Crippen LogP contribution in [-0.2, 0) is 40.2 Å². The average Bonchev–Trinajstić information content (AvgIpc) is 3.53. The van der Waals surface area contributed by atoms with E-state index in [0.29, 0.717) is 0 Å². The second kappa shape index (κ2) is 16.6. The summed E-state index contributed by atoms with van der Waals surface area (Å²) in [5.74, 6) is -2.48. The molecule has 0 aliphatic carbocycles. The zero-order chi connectivity index (χ0) is 34.8. The van der Waals surface area contributed by atoms with Crippen molar-refractivity contribution >= 4 is 47.2 Å². The smallest absolute Gasteiger partial charge is 0.335 e. The van der Waals surface area contributed by atoms with Crippen molar-refractivity contribution in [3.8, 4) is 0 Å². The zero-order valence-corrected chi connectivity index (χ0v) is 27.6. The number of carboxylic acids is 1. The summed E-state index contributed by atoms with van der Waals surface area (Å²) in [5.41, 5.74) is 10.7. The van der Waals surface area contributed by atoms with Crippen LogP contribution in [0.15, 0.2) is 115 Å². The number of amides is 3. The molecule has 252 valence electrons. The van der Waals surface area contributed by atoms with Crippen LogP contribution >= 0.6 is 12.6 Å². The number of benzene rings is 4. The van der Waals surface area contributed by atoms with Crippen molar-refractivity contribution in [2.24, 2.45) is 5.73 Å². The number of hydrogen-bond donors (Lipinski definition) is 7. The molecular weight excluding hydrogens is 639 g/mol. The molecule has 5 aromatic rings. The SMILES string of the molecule is N[C@@H](Cc1ccc(C(=O)O)cc1)[C@H](S)C(=O)NC(Cc1c[nH]c2ccccc12)C(=O)NC(Cc1ccccc1)C(=O)NCc1ccccc1. The number of rotatable bonds is 15. The Kier molecular flexibility index (Phi) is 11.9. The van der Waals surface area contributed by atoms with Gasteiger partial charge in [-0.05, 0) is 46.9 Å². The molecule has 11 heteroatoms. The molecule has 0 saturated heterocycles. The minimum absolute atomic E-state index is 0.137. The molecule has 0 bridgehead atoms. The molecular formula is C38H39N5O5S. The van der Waals surface area contributed by atoms with E-state index in [1.165, 1.54) is 12.1 Å². The van der Waals surface area contributed by atoms with Crippen LogP contribution in [-0.4, -0.2) is 57.2 Å². The first-order chi connectivity index (χ1) is 23.7. The lowest BCUT2D eigenvalue weighted by Crippen LogP contribution is -2.57. The Morgan fingerprint density at radius 1 is 0.673 bits per heavy atom. The molecule has 5 rings (SSSR count). The van der Waals surface area contributed by atoms with Crippen LogP contribution in [0.25, 0.3) is 10.9 Å². The number of hydrogen-bond acceptors (Lipinski definition) is 6. The van der Waals surface area contributed by atoms with Crippen LogP contribution in [0.5, 0.6) is 0 Å². The number of H-pyrrole nitrogens is 1. The fraction of sp³-hybridized carbons (Fsp3) is 0.211. The molecule has 49 heavy (non-hydrogen) atoms. The van der Waals surface area contributed by atoms with Gasteiger partial charge in [0, 0.05) is 42.5 Å². The molecule has 1 heterocycles. The maximum Gasteiger partial charge on any atom is 0.335 e. The summed E-state index contributed by atoms with van der Waals surface area (Å²) in [6.45, 7) is 0.286. The lowest BCUT2D eigenvalue weighted by atomic mass is 10.00. The summed E-state index contributed by atoms with van der Waals surface area (Å²) in [7, 11) is 0. The predicted molar refractivity (Wildman–Crippen MR) is 192 cm³/mol. The Morgan fingerprint density at radius 3 is 1.92 bits per heavy atom. The highest BCUT2D eigenvalue weighted by atomic mass is 32.1. The minimum Gasteiger partial charge on any atom is -0.478 e. The molecule has 4 aromatic carbocycles. The molecule has 3 amide bonds. The van der Waals surface area contributed by atoms with Gasteiger partial charge in [-0.25, -0.2) is 4.79 Å². The standard InChI is InChI=1S/C38H39N5O5S/c39-30(19-25-15-17-27(18-16-25)38(47)48)34(49)37(46)43-33(21-28-23-40-31-14-8-7-13-29(28)31)36(45)42-32(20-24-9-3-1-4-10-24)35(44)41-22-26-11-5-2-6-12-26/h1-18,23,30,32-34,40,49H,19-22,39H2,(H,41,44)(H,42,45)(H,43,46)(H,47,48)/t30-,32?,33?,34-/m0/s1. The van der Waals surface area contributed by atoms with Gasteiger partial charge in [0.25, 0.3) is 0 Å². The quantitative estimate of drug-likeness (QED) is 0.0833. The Labute approximate surface area is 289 Å². The first-order valence-electron chi connectivity index (χ1n) is 15.9. The highest BCUT2D eigenvalue weighted by molar-refractivity contribution is 7.81. The maximum atomic E-state index is 14.1. The molecule has 10 nitrogen and oxygen atoms in total. The zero-order valence-electron chi connectivity index (χ0n) is 26.7. The van der Waals surface area contributed by atoms with Gasteiger partial charge in [-0.1, -0.05) is 91.0 Å². The summed E-state index contributed by atoms with van der Waals surface area (Å²) >= 11 is 4.52. The van der Waals surface area contributed by atoms with E-state index in [1.807, 2.05) is 84.9 Å². The second-order valence-electron chi connectivity index (χ2n) is 11.9. The molecule has 4 atom stereocenters. The number of carbonyl (C=O) groups is 4. The minimum atomic E-state index is -1.07. The van der Waals surface area contributed by atoms with E-state index in [4.69, 9.17) is 5.73 Å². The first kappa shape index (κ1) is 34.9. The topological polar surface area (TPSA) is 166 Å². The van der Waals surface area contributed by atoms with E-state index < -0.39 is 41.2 Å². The van der Waals surface area contributed by atoms with Gasteiger partial charge in [-0.3, -0.25) is 14.4 Å². The van der Waals surface area contributed by atoms with Crippen molar-refractivity contribution in [2.45, 2.75) is 49.2 Å². The fourth-order valence-electron chi connectivity index (χ4n) is 5.59. The number of aromatic carboxylic acids is 1. The molecule has 0 aliphatic rings. The number of carboxylic acid groups (broad SMARTS) is 1. The van der Waals surface area contributed by atoms with E-state index in [0.717, 1.165) is 33.2 Å². The van der Waals surface area contributed by atoms with Gasteiger partial charge in [0.1, 0.15) is 12.1 Å². The maximum absolute atomic E-state index is 14.1. The van der Waals surface area contributed by atoms with Gasteiger partial charge in [0.2, 0.25) is 17.7 Å². The third-order valence-corrected chi connectivity index (χ3v) is 8.92. The number of para-hydroxylation sites is 1. The third-order valence-electron chi connectivity index (χ3n) is 8.30. The summed E-state index contributed by atoms with van der Waals surface area (Å²) in [4.78, 5) is 55.6. The van der Waals surface area contributed by atoms with Gasteiger partial charge in [0.15, 0.2) is 0 Å². The summed E-state index contributed by atoms with van der Waals surface area (Å²) in [5, 5.41) is 17.8. The molecule has 0 radical (unpaired) electrons. The van der Waals surface area contributed by atoms with Gasteiger partial charge >= 0.3 is 5.97 Å². The predicted octanol–water partition coefficient (Wildman–Crippen LogP) is 3.81. The number of nitrogens with one attached hydrogen (secondary N) is 4. The Bertz CT molecular complexity index is 1880. The normalized spacial score (nSPS) is 13.5.